The van der Waals surface area contributed by atoms with E-state index in [0.29, 0.717) is 12.0 Å². The molecule has 0 radical (unpaired) electrons. The summed E-state index contributed by atoms with van der Waals surface area (Å²) in [5.41, 5.74) is 2.72. The molecule has 2 unspecified atom stereocenters. The average molecular weight is 550 g/mol. The zero-order chi connectivity index (χ0) is 21.9. The predicted octanol–water partition coefficient (Wildman–Crippen LogP) is 3.82. The van der Waals surface area contributed by atoms with Gasteiger partial charge in [-0.05, 0) is 31.0 Å². The summed E-state index contributed by atoms with van der Waals surface area (Å²) in [5, 5.41) is 7.12. The van der Waals surface area contributed by atoms with Crippen LogP contribution in [0.4, 0.5) is 0 Å². The monoisotopic (exact) mass is 549 g/mol. The Kier molecular flexibility index (Phi) is 12.1. The lowest BCUT2D eigenvalue weighted by atomic mass is 9.92. The summed E-state index contributed by atoms with van der Waals surface area (Å²) in [4.78, 5) is 9.57. The number of nitrogens with one attached hydrogen (secondary N) is 2. The van der Waals surface area contributed by atoms with Crippen molar-refractivity contribution in [3.05, 3.63) is 71.8 Å². The molecule has 1 aliphatic rings. The molecule has 2 aromatic carbocycles. The normalized spacial score (nSPS) is 17.3. The van der Waals surface area contributed by atoms with Crippen LogP contribution in [-0.4, -0.2) is 74.7 Å². The highest BCUT2D eigenvalue weighted by Gasteiger charge is 2.20. The molecule has 1 fully saturated rings. The van der Waals surface area contributed by atoms with Gasteiger partial charge in [0, 0.05) is 58.3 Å². The molecule has 3 rings (SSSR count). The molecule has 0 aromatic heterocycles. The second kappa shape index (κ2) is 14.5. The van der Waals surface area contributed by atoms with E-state index in [4.69, 9.17) is 0 Å². The molecule has 1 heterocycles. The number of guanidine groups is 1. The minimum atomic E-state index is 0. The van der Waals surface area contributed by atoms with E-state index in [2.05, 4.69) is 99.9 Å². The number of rotatable bonds is 9. The van der Waals surface area contributed by atoms with Gasteiger partial charge in [0.2, 0.25) is 0 Å². The number of likely N-dealkylation sites (N-methyl/N-ethyl adjacent to an activating group) is 1. The van der Waals surface area contributed by atoms with E-state index in [9.17, 15) is 0 Å². The molecule has 2 N–H and O–H groups in total. The van der Waals surface area contributed by atoms with Gasteiger partial charge in [-0.1, -0.05) is 67.6 Å². The standard InChI is InChI=1S/C26H39N5.HI/c1-4-30-15-17-31(18-16-30)22(2)20-28-26(27-3)29-21-25(24-13-9-6-10-14-24)19-23-11-7-5-8-12-23;/h5-14,22,25H,4,15-21H2,1-3H3,(H2,27,28,29);1H. The van der Waals surface area contributed by atoms with Gasteiger partial charge in [0.1, 0.15) is 0 Å². The van der Waals surface area contributed by atoms with Crippen molar-refractivity contribution >= 4 is 29.9 Å². The molecule has 2 aromatic rings. The number of hydrogen-bond donors (Lipinski definition) is 2. The van der Waals surface area contributed by atoms with E-state index in [-0.39, 0.29) is 24.0 Å². The van der Waals surface area contributed by atoms with Crippen molar-refractivity contribution < 1.29 is 0 Å². The van der Waals surface area contributed by atoms with Crippen molar-refractivity contribution in [2.24, 2.45) is 4.99 Å². The molecule has 2 atom stereocenters. The quantitative estimate of drug-likeness (QED) is 0.284. The Bertz CT molecular complexity index is 775. The first-order chi connectivity index (χ1) is 15.2. The van der Waals surface area contributed by atoms with Crippen LogP contribution in [0.1, 0.15) is 30.9 Å². The highest BCUT2D eigenvalue weighted by Crippen LogP contribution is 2.20. The Morgan fingerprint density at radius 3 is 2.09 bits per heavy atom. The Labute approximate surface area is 211 Å². The van der Waals surface area contributed by atoms with Gasteiger partial charge in [0.25, 0.3) is 0 Å². The molecular weight excluding hydrogens is 509 g/mol. The Hall–Kier alpha value is -1.64. The predicted molar refractivity (Wildman–Crippen MR) is 147 cm³/mol. The maximum atomic E-state index is 4.47. The van der Waals surface area contributed by atoms with Crippen molar-refractivity contribution in [3.63, 3.8) is 0 Å². The van der Waals surface area contributed by atoms with E-state index in [1.807, 2.05) is 7.05 Å². The second-order valence-electron chi connectivity index (χ2n) is 8.45. The van der Waals surface area contributed by atoms with Crippen LogP contribution in [0.5, 0.6) is 0 Å². The third kappa shape index (κ3) is 8.37. The molecule has 0 amide bonds. The molecule has 5 nitrogen and oxygen atoms in total. The van der Waals surface area contributed by atoms with Crippen LogP contribution in [0.3, 0.4) is 0 Å². The molecule has 176 valence electrons. The van der Waals surface area contributed by atoms with Gasteiger partial charge >= 0.3 is 0 Å². The van der Waals surface area contributed by atoms with Crippen LogP contribution < -0.4 is 10.6 Å². The Morgan fingerprint density at radius 2 is 1.50 bits per heavy atom. The fraction of sp³-hybridized carbons (Fsp3) is 0.500. The van der Waals surface area contributed by atoms with Gasteiger partial charge in [0.15, 0.2) is 5.96 Å². The van der Waals surface area contributed by atoms with Gasteiger partial charge < -0.3 is 15.5 Å². The van der Waals surface area contributed by atoms with Crippen LogP contribution in [0.25, 0.3) is 0 Å². The summed E-state index contributed by atoms with van der Waals surface area (Å²) < 4.78 is 0. The summed E-state index contributed by atoms with van der Waals surface area (Å²) in [6, 6.07) is 22.0. The molecular formula is C26H40IN5. The summed E-state index contributed by atoms with van der Waals surface area (Å²) in [7, 11) is 1.86. The number of piperazine rings is 1. The summed E-state index contributed by atoms with van der Waals surface area (Å²) in [6.45, 7) is 12.1. The van der Waals surface area contributed by atoms with Gasteiger partial charge in [0.05, 0.1) is 0 Å². The minimum Gasteiger partial charge on any atom is -0.356 e. The van der Waals surface area contributed by atoms with Crippen molar-refractivity contribution in [1.29, 1.82) is 0 Å². The van der Waals surface area contributed by atoms with Gasteiger partial charge in [-0.25, -0.2) is 0 Å². The van der Waals surface area contributed by atoms with E-state index in [1.54, 1.807) is 0 Å². The summed E-state index contributed by atoms with van der Waals surface area (Å²) in [5.74, 6) is 1.27. The lowest BCUT2D eigenvalue weighted by Crippen LogP contribution is -2.53. The largest absolute Gasteiger partial charge is 0.356 e. The van der Waals surface area contributed by atoms with E-state index < -0.39 is 0 Å². The van der Waals surface area contributed by atoms with Gasteiger partial charge in [-0.15, -0.1) is 24.0 Å². The first-order valence-electron chi connectivity index (χ1n) is 11.7. The molecule has 0 aliphatic carbocycles. The highest BCUT2D eigenvalue weighted by molar-refractivity contribution is 14.0. The van der Waals surface area contributed by atoms with Crippen LogP contribution in [0, 0.1) is 0 Å². The third-order valence-electron chi connectivity index (χ3n) is 6.38. The molecule has 32 heavy (non-hydrogen) atoms. The van der Waals surface area contributed by atoms with Crippen molar-refractivity contribution in [3.8, 4) is 0 Å². The first-order valence-corrected chi connectivity index (χ1v) is 11.7. The second-order valence-corrected chi connectivity index (χ2v) is 8.45. The zero-order valence-electron chi connectivity index (χ0n) is 19.8. The van der Waals surface area contributed by atoms with E-state index in [1.165, 1.54) is 24.2 Å². The van der Waals surface area contributed by atoms with Crippen LogP contribution in [0.2, 0.25) is 0 Å². The van der Waals surface area contributed by atoms with Crippen LogP contribution in [0.15, 0.2) is 65.7 Å². The molecule has 1 saturated heterocycles. The van der Waals surface area contributed by atoms with Crippen molar-refractivity contribution in [1.82, 2.24) is 20.4 Å². The van der Waals surface area contributed by atoms with Crippen LogP contribution in [-0.2, 0) is 6.42 Å². The highest BCUT2D eigenvalue weighted by atomic mass is 127. The molecule has 1 aliphatic heterocycles. The van der Waals surface area contributed by atoms with Crippen LogP contribution >= 0.6 is 24.0 Å². The summed E-state index contributed by atoms with van der Waals surface area (Å²) in [6.07, 6.45) is 1.01. The maximum absolute atomic E-state index is 4.47. The Morgan fingerprint density at radius 1 is 0.906 bits per heavy atom. The smallest absolute Gasteiger partial charge is 0.191 e. The van der Waals surface area contributed by atoms with Gasteiger partial charge in [-0.2, -0.15) is 0 Å². The number of halogens is 1. The van der Waals surface area contributed by atoms with Gasteiger partial charge in [-0.3, -0.25) is 9.89 Å². The lowest BCUT2D eigenvalue weighted by Gasteiger charge is -2.37. The molecule has 0 saturated carbocycles. The van der Waals surface area contributed by atoms with E-state index >= 15 is 0 Å². The molecule has 6 heteroatoms. The topological polar surface area (TPSA) is 42.9 Å². The third-order valence-corrected chi connectivity index (χ3v) is 6.38. The minimum absolute atomic E-state index is 0. The number of nitrogens with zero attached hydrogens (tertiary/aromatic N) is 3. The number of aliphatic imine (C=N–C) groups is 1. The molecule has 0 bridgehead atoms. The summed E-state index contributed by atoms with van der Waals surface area (Å²) >= 11 is 0. The SMILES string of the molecule is CCN1CCN(C(C)CNC(=NC)NCC(Cc2ccccc2)c2ccccc2)CC1.I. The van der Waals surface area contributed by atoms with E-state index in [0.717, 1.165) is 45.1 Å². The maximum Gasteiger partial charge on any atom is 0.191 e. The fourth-order valence-electron chi connectivity index (χ4n) is 4.27. The fourth-order valence-corrected chi connectivity index (χ4v) is 4.27. The number of hydrogen-bond acceptors (Lipinski definition) is 3. The van der Waals surface area contributed by atoms with Crippen molar-refractivity contribution in [2.45, 2.75) is 32.2 Å². The number of benzene rings is 2. The zero-order valence-corrected chi connectivity index (χ0v) is 22.2. The lowest BCUT2D eigenvalue weighted by molar-refractivity contribution is 0.107. The van der Waals surface area contributed by atoms with Crippen molar-refractivity contribution in [2.75, 3.05) is 52.9 Å². The molecule has 0 spiro atoms. The Balaban J connectivity index is 0.00000363. The average Bonchev–Trinajstić information content (AvgIpc) is 2.84. The first kappa shape index (κ1) is 26.6.